The number of carboxylic acids is 1. The van der Waals surface area contributed by atoms with Gasteiger partial charge in [-0.15, -0.1) is 0 Å². The molecule has 3 heterocycles. The van der Waals surface area contributed by atoms with E-state index in [1.807, 2.05) is 24.4 Å². The quantitative estimate of drug-likeness (QED) is 0.316. The molecule has 1 saturated heterocycles. The molecule has 3 aromatic rings. The van der Waals surface area contributed by atoms with Gasteiger partial charge in [-0.1, -0.05) is 11.8 Å². The molecule has 2 aromatic heterocycles. The Kier molecular flexibility index (Phi) is 8.71. The second-order valence-corrected chi connectivity index (χ2v) is 9.89. The maximum absolute atomic E-state index is 11.6. The van der Waals surface area contributed by atoms with E-state index >= 15 is 0 Å². The Balaban J connectivity index is 1.31. The molecule has 0 radical (unpaired) electrons. The molecule has 34 heavy (non-hydrogen) atoms. The van der Waals surface area contributed by atoms with Crippen LogP contribution in [0.15, 0.2) is 54.1 Å². The minimum atomic E-state index is -0.698. The van der Waals surface area contributed by atoms with Crippen LogP contribution in [-0.4, -0.2) is 63.4 Å². The van der Waals surface area contributed by atoms with Crippen molar-refractivity contribution in [1.29, 1.82) is 0 Å². The molecule has 2 atom stereocenters. The first-order valence-corrected chi connectivity index (χ1v) is 12.9. The lowest BCUT2D eigenvalue weighted by Gasteiger charge is -2.38. The average Bonchev–Trinajstić information content (AvgIpc) is 2.85. The molecule has 1 aromatic carbocycles. The molecule has 7 nitrogen and oxygen atoms in total. The Morgan fingerprint density at radius 1 is 1.18 bits per heavy atom. The van der Waals surface area contributed by atoms with Gasteiger partial charge in [0, 0.05) is 49.2 Å². The molecule has 8 heteroatoms. The summed E-state index contributed by atoms with van der Waals surface area (Å²) in [6.45, 7) is 2.80. The van der Waals surface area contributed by atoms with Crippen LogP contribution >= 0.6 is 11.8 Å². The third-order valence-electron chi connectivity index (χ3n) is 6.65. The van der Waals surface area contributed by atoms with Crippen molar-refractivity contribution in [3.63, 3.8) is 0 Å². The zero-order chi connectivity index (χ0) is 23.8. The van der Waals surface area contributed by atoms with Crippen LogP contribution in [0.2, 0.25) is 0 Å². The van der Waals surface area contributed by atoms with Gasteiger partial charge in [-0.25, -0.2) is 9.97 Å². The van der Waals surface area contributed by atoms with Crippen LogP contribution in [0.3, 0.4) is 0 Å². The Hall–Kier alpha value is -2.71. The highest BCUT2D eigenvalue weighted by Gasteiger charge is 2.30. The van der Waals surface area contributed by atoms with Gasteiger partial charge in [0.25, 0.3) is 0 Å². The highest BCUT2D eigenvalue weighted by atomic mass is 32.2. The number of carboxylic acid groups (broad SMARTS) is 1. The van der Waals surface area contributed by atoms with Gasteiger partial charge in [0.1, 0.15) is 5.75 Å². The third-order valence-corrected chi connectivity index (χ3v) is 7.51. The van der Waals surface area contributed by atoms with Crippen molar-refractivity contribution in [3.8, 4) is 5.75 Å². The summed E-state index contributed by atoms with van der Waals surface area (Å²) in [5.74, 6) is 1.69. The topological polar surface area (TPSA) is 88.4 Å². The first kappa shape index (κ1) is 24.4. The number of carbonyl (C=O) groups is 1. The summed E-state index contributed by atoms with van der Waals surface area (Å²) < 4.78 is 5.39. The summed E-state index contributed by atoms with van der Waals surface area (Å²) in [6, 6.07) is 9.90. The van der Waals surface area contributed by atoms with Gasteiger partial charge in [0.15, 0.2) is 5.16 Å². The fraction of sp³-hybridized carbons (Fsp3) is 0.462. The predicted molar refractivity (Wildman–Crippen MR) is 134 cm³/mol. The highest BCUT2D eigenvalue weighted by Crippen LogP contribution is 2.32. The minimum Gasteiger partial charge on any atom is -0.497 e. The lowest BCUT2D eigenvalue weighted by atomic mass is 9.80. The molecule has 1 N–H and O–H groups in total. The SMILES string of the molecule is COc1ccc2nccc(CCC[C@@H]3CCN(CCSc4ncccn4)C[C@@H]3CC(=O)O)c2c1. The summed E-state index contributed by atoms with van der Waals surface area (Å²) in [4.78, 5) is 27.0. The number of piperidine rings is 1. The van der Waals surface area contributed by atoms with E-state index in [0.29, 0.717) is 5.92 Å². The number of benzene rings is 1. The van der Waals surface area contributed by atoms with Crippen molar-refractivity contribution in [1.82, 2.24) is 19.9 Å². The van der Waals surface area contributed by atoms with Crippen LogP contribution in [-0.2, 0) is 11.2 Å². The summed E-state index contributed by atoms with van der Waals surface area (Å²) in [5.41, 5.74) is 2.26. The Morgan fingerprint density at radius 2 is 2.03 bits per heavy atom. The lowest BCUT2D eigenvalue weighted by Crippen LogP contribution is -2.42. The molecule has 180 valence electrons. The Labute approximate surface area is 205 Å². The van der Waals surface area contributed by atoms with Gasteiger partial charge in [0.2, 0.25) is 0 Å². The Bertz CT molecular complexity index is 1080. The predicted octanol–water partition coefficient (Wildman–Crippen LogP) is 4.56. The Morgan fingerprint density at radius 3 is 2.82 bits per heavy atom. The van der Waals surface area contributed by atoms with Gasteiger partial charge in [-0.05, 0) is 80.0 Å². The molecule has 0 bridgehead atoms. The van der Waals surface area contributed by atoms with E-state index in [4.69, 9.17) is 4.74 Å². The van der Waals surface area contributed by atoms with E-state index < -0.39 is 5.97 Å². The monoisotopic (exact) mass is 480 g/mol. The molecule has 1 aliphatic rings. The van der Waals surface area contributed by atoms with E-state index in [1.165, 1.54) is 5.56 Å². The van der Waals surface area contributed by atoms with Crippen LogP contribution in [0.5, 0.6) is 5.75 Å². The van der Waals surface area contributed by atoms with Crippen molar-refractivity contribution < 1.29 is 14.6 Å². The van der Waals surface area contributed by atoms with Crippen LogP contribution in [0.4, 0.5) is 0 Å². The number of pyridine rings is 1. The molecule has 0 saturated carbocycles. The number of rotatable bonds is 11. The molecule has 0 spiro atoms. The van der Waals surface area contributed by atoms with E-state index in [9.17, 15) is 9.90 Å². The number of methoxy groups -OCH3 is 1. The molecule has 0 amide bonds. The van der Waals surface area contributed by atoms with Crippen molar-refractivity contribution in [3.05, 3.63) is 54.5 Å². The molecule has 1 aliphatic heterocycles. The van der Waals surface area contributed by atoms with E-state index in [0.717, 1.165) is 72.9 Å². The van der Waals surface area contributed by atoms with Gasteiger partial charge < -0.3 is 14.7 Å². The molecule has 0 unspecified atom stereocenters. The second kappa shape index (κ2) is 12.1. The summed E-state index contributed by atoms with van der Waals surface area (Å²) >= 11 is 1.65. The first-order chi connectivity index (χ1) is 16.6. The smallest absolute Gasteiger partial charge is 0.303 e. The van der Waals surface area contributed by atoms with E-state index in [-0.39, 0.29) is 12.3 Å². The number of aromatic nitrogens is 3. The van der Waals surface area contributed by atoms with E-state index in [2.05, 4.69) is 32.0 Å². The zero-order valence-corrected chi connectivity index (χ0v) is 20.4. The fourth-order valence-corrected chi connectivity index (χ4v) is 5.71. The summed E-state index contributed by atoms with van der Waals surface area (Å²) in [6.07, 6.45) is 9.73. The maximum atomic E-state index is 11.6. The van der Waals surface area contributed by atoms with Gasteiger partial charge >= 0.3 is 5.97 Å². The van der Waals surface area contributed by atoms with Gasteiger partial charge in [-0.2, -0.15) is 0 Å². The third kappa shape index (κ3) is 6.67. The number of ether oxygens (including phenoxy) is 1. The number of likely N-dealkylation sites (tertiary alicyclic amines) is 1. The van der Waals surface area contributed by atoms with Crippen molar-refractivity contribution in [2.75, 3.05) is 32.5 Å². The second-order valence-electron chi connectivity index (χ2n) is 8.83. The number of thioether (sulfide) groups is 1. The van der Waals surface area contributed by atoms with E-state index in [1.54, 1.807) is 31.3 Å². The van der Waals surface area contributed by atoms with Crippen molar-refractivity contribution in [2.24, 2.45) is 11.8 Å². The lowest BCUT2D eigenvalue weighted by molar-refractivity contribution is -0.139. The molecular weight excluding hydrogens is 448 g/mol. The summed E-state index contributed by atoms with van der Waals surface area (Å²) in [5, 5.41) is 11.4. The number of fused-ring (bicyclic) bond motifs is 1. The largest absolute Gasteiger partial charge is 0.497 e. The number of aryl methyl sites for hydroxylation is 1. The molecule has 1 fully saturated rings. The number of hydrogen-bond donors (Lipinski definition) is 1. The number of hydrogen-bond acceptors (Lipinski definition) is 7. The number of nitrogens with zero attached hydrogens (tertiary/aromatic N) is 4. The average molecular weight is 481 g/mol. The van der Waals surface area contributed by atoms with Gasteiger partial charge in [0.05, 0.1) is 12.6 Å². The molecule has 0 aliphatic carbocycles. The van der Waals surface area contributed by atoms with Crippen LogP contribution in [0, 0.1) is 11.8 Å². The van der Waals surface area contributed by atoms with Crippen LogP contribution < -0.4 is 4.74 Å². The van der Waals surface area contributed by atoms with Crippen molar-refractivity contribution in [2.45, 2.75) is 37.3 Å². The summed E-state index contributed by atoms with van der Waals surface area (Å²) in [7, 11) is 1.68. The fourth-order valence-electron chi connectivity index (χ4n) is 4.90. The standard InChI is InChI=1S/C26H32N4O3S/c1-33-22-6-7-24-23(17-22)20(8-12-27-24)5-2-4-19-9-13-30(18-21(19)16-25(31)32)14-15-34-26-28-10-3-11-29-26/h3,6-8,10-12,17,19,21H,2,4-5,9,13-16,18H2,1H3,(H,31,32)/t19-,21+/m1/s1. The zero-order valence-electron chi connectivity index (χ0n) is 19.6. The molecular formula is C26H32N4O3S. The first-order valence-electron chi connectivity index (χ1n) is 11.9. The van der Waals surface area contributed by atoms with Crippen LogP contribution in [0.25, 0.3) is 10.9 Å². The maximum Gasteiger partial charge on any atom is 0.303 e. The van der Waals surface area contributed by atoms with Crippen LogP contribution in [0.1, 0.15) is 31.2 Å². The highest BCUT2D eigenvalue weighted by molar-refractivity contribution is 7.99. The van der Waals surface area contributed by atoms with Crippen molar-refractivity contribution >= 4 is 28.6 Å². The molecule has 4 rings (SSSR count). The number of aliphatic carboxylic acids is 1. The normalized spacial score (nSPS) is 18.7. The minimum absolute atomic E-state index is 0.193. The van der Waals surface area contributed by atoms with Gasteiger partial charge in [-0.3, -0.25) is 9.78 Å².